The van der Waals surface area contributed by atoms with Gasteiger partial charge in [-0.3, -0.25) is 4.79 Å². The van der Waals surface area contributed by atoms with E-state index in [4.69, 9.17) is 4.74 Å². The highest BCUT2D eigenvalue weighted by Crippen LogP contribution is 2.37. The number of carbonyl (C=O) groups is 3. The van der Waals surface area contributed by atoms with Gasteiger partial charge in [0.2, 0.25) is 11.4 Å². The van der Waals surface area contributed by atoms with E-state index in [1.807, 2.05) is 0 Å². The highest BCUT2D eigenvalue weighted by molar-refractivity contribution is 6.33. The summed E-state index contributed by atoms with van der Waals surface area (Å²) in [5.41, 5.74) is -2.46. The van der Waals surface area contributed by atoms with E-state index in [1.54, 1.807) is 6.92 Å². The minimum absolute atomic E-state index is 0.0272. The van der Waals surface area contributed by atoms with Gasteiger partial charge in [-0.2, -0.15) is 0 Å². The Kier molecular flexibility index (Phi) is 5.18. The van der Waals surface area contributed by atoms with Gasteiger partial charge in [0.15, 0.2) is 0 Å². The number of hydrogen-bond donors (Lipinski definition) is 2. The Balaban J connectivity index is 2.70. The average molecular weight is 348 g/mol. The molecule has 132 valence electrons. The molecule has 1 atom stereocenters. The molecule has 2 N–H and O–H groups in total. The topological polar surface area (TPSA) is 101 Å². The number of halogens is 1. The third-order valence-electron chi connectivity index (χ3n) is 3.83. The van der Waals surface area contributed by atoms with Gasteiger partial charge in [-0.15, -0.1) is 0 Å². The van der Waals surface area contributed by atoms with Gasteiger partial charge in [0.25, 0.3) is 0 Å². The molecule has 7 heteroatoms. The quantitative estimate of drug-likeness (QED) is 0.605. The zero-order valence-electron chi connectivity index (χ0n) is 13.7. The molecule has 1 aromatic rings. The average Bonchev–Trinajstić information content (AvgIpc) is 2.55. The summed E-state index contributed by atoms with van der Waals surface area (Å²) in [5.74, 6) is -4.83. The van der Waals surface area contributed by atoms with Crippen LogP contribution < -0.4 is 0 Å². The molecule has 0 fully saturated rings. The first-order valence-electron chi connectivity index (χ1n) is 7.60. The maximum atomic E-state index is 13.1. The molecule has 0 aromatic heterocycles. The standard InChI is InChI=1S/C18H17FO6/c1-3-8-25-18(17(23)24)9-10(2)13(14(15(18)20)16(21)22)11-4-6-12(19)7-5-11/h4-7,9H,3,8H2,1-2H3,(H,21,22)(H,23,24). The predicted molar refractivity (Wildman–Crippen MR) is 86.3 cm³/mol. The smallest absolute Gasteiger partial charge is 0.348 e. The number of hydrogen-bond acceptors (Lipinski definition) is 4. The number of ketones is 1. The van der Waals surface area contributed by atoms with Crippen LogP contribution in [0.1, 0.15) is 25.8 Å². The SMILES string of the molecule is CCCOC1(C(=O)O)C=C(C)C(c2ccc(F)cc2)=C(C(=O)O)C1=O. The van der Waals surface area contributed by atoms with Gasteiger partial charge < -0.3 is 14.9 Å². The van der Waals surface area contributed by atoms with Gasteiger partial charge in [-0.25, -0.2) is 14.0 Å². The minimum Gasteiger partial charge on any atom is -0.479 e. The van der Waals surface area contributed by atoms with Gasteiger partial charge in [0.05, 0.1) is 0 Å². The molecule has 25 heavy (non-hydrogen) atoms. The summed E-state index contributed by atoms with van der Waals surface area (Å²) in [6.45, 7) is 3.19. The van der Waals surface area contributed by atoms with Crippen molar-refractivity contribution in [3.8, 4) is 0 Å². The normalized spacial score (nSPS) is 20.4. The molecule has 1 aliphatic rings. The van der Waals surface area contributed by atoms with Crippen LogP contribution >= 0.6 is 0 Å². The second-order valence-corrected chi connectivity index (χ2v) is 5.61. The number of benzene rings is 1. The molecule has 0 spiro atoms. The molecule has 6 nitrogen and oxygen atoms in total. The zero-order valence-corrected chi connectivity index (χ0v) is 13.7. The molecule has 0 amide bonds. The lowest BCUT2D eigenvalue weighted by Crippen LogP contribution is -2.51. The number of allylic oxidation sites excluding steroid dienone is 2. The zero-order chi connectivity index (χ0) is 18.8. The van der Waals surface area contributed by atoms with Crippen molar-refractivity contribution in [2.45, 2.75) is 25.9 Å². The van der Waals surface area contributed by atoms with Gasteiger partial charge >= 0.3 is 11.9 Å². The van der Waals surface area contributed by atoms with Gasteiger partial charge in [0.1, 0.15) is 11.4 Å². The Morgan fingerprint density at radius 1 is 1.20 bits per heavy atom. The van der Waals surface area contributed by atoms with Crippen LogP contribution in [0.25, 0.3) is 5.57 Å². The molecule has 0 aliphatic heterocycles. The molecule has 2 rings (SSSR count). The Morgan fingerprint density at radius 2 is 1.80 bits per heavy atom. The first kappa shape index (κ1) is 18.5. The van der Waals surface area contributed by atoms with E-state index in [2.05, 4.69) is 0 Å². The number of ether oxygens (including phenoxy) is 1. The second kappa shape index (κ2) is 6.98. The third kappa shape index (κ3) is 3.23. The fourth-order valence-electron chi connectivity index (χ4n) is 2.72. The van der Waals surface area contributed by atoms with Crippen LogP contribution in [-0.4, -0.2) is 40.1 Å². The lowest BCUT2D eigenvalue weighted by molar-refractivity contribution is -0.165. The van der Waals surface area contributed by atoms with Crippen LogP contribution in [0.4, 0.5) is 4.39 Å². The molecule has 0 heterocycles. The Hall–Kier alpha value is -2.80. The number of carbonyl (C=O) groups excluding carboxylic acids is 1. The predicted octanol–water partition coefficient (Wildman–Crippen LogP) is 2.44. The van der Waals surface area contributed by atoms with Crippen molar-refractivity contribution in [1.29, 1.82) is 0 Å². The van der Waals surface area contributed by atoms with Gasteiger partial charge in [-0.05, 0) is 42.7 Å². The first-order chi connectivity index (χ1) is 11.7. The van der Waals surface area contributed by atoms with Crippen LogP contribution in [0.2, 0.25) is 0 Å². The van der Waals surface area contributed by atoms with Crippen molar-refractivity contribution in [2.75, 3.05) is 6.61 Å². The summed E-state index contributed by atoms with van der Waals surface area (Å²) in [5, 5.41) is 19.1. The van der Waals surface area contributed by atoms with Gasteiger partial charge in [0, 0.05) is 12.2 Å². The summed E-state index contributed by atoms with van der Waals surface area (Å²) in [6.07, 6.45) is 1.56. The van der Waals surface area contributed by atoms with Crippen molar-refractivity contribution < 1.29 is 33.7 Å². The van der Waals surface area contributed by atoms with E-state index < -0.39 is 34.7 Å². The lowest BCUT2D eigenvalue weighted by Gasteiger charge is -2.31. The third-order valence-corrected chi connectivity index (χ3v) is 3.83. The number of carboxylic acid groups (broad SMARTS) is 2. The van der Waals surface area contributed by atoms with Crippen LogP contribution in [0.3, 0.4) is 0 Å². The number of carboxylic acids is 2. The molecular formula is C18H17FO6. The van der Waals surface area contributed by atoms with Crippen LogP contribution in [0.5, 0.6) is 0 Å². The fourth-order valence-corrected chi connectivity index (χ4v) is 2.72. The van der Waals surface area contributed by atoms with Crippen molar-refractivity contribution in [2.24, 2.45) is 0 Å². The molecule has 0 saturated carbocycles. The highest BCUT2D eigenvalue weighted by Gasteiger charge is 2.52. The Morgan fingerprint density at radius 3 is 2.28 bits per heavy atom. The lowest BCUT2D eigenvalue weighted by atomic mass is 9.78. The summed E-state index contributed by atoms with van der Waals surface area (Å²) in [7, 11) is 0. The highest BCUT2D eigenvalue weighted by atomic mass is 19.1. The van der Waals surface area contributed by atoms with Crippen LogP contribution in [0.15, 0.2) is 41.5 Å². The molecule has 1 aromatic carbocycles. The Bertz CT molecular complexity index is 790. The maximum Gasteiger partial charge on any atom is 0.348 e. The first-order valence-corrected chi connectivity index (χ1v) is 7.60. The molecule has 0 saturated heterocycles. The van der Waals surface area contributed by atoms with E-state index in [9.17, 15) is 29.0 Å². The maximum absolute atomic E-state index is 13.1. The van der Waals surface area contributed by atoms with Crippen molar-refractivity contribution in [3.05, 3.63) is 52.9 Å². The number of aliphatic carboxylic acids is 2. The molecule has 0 radical (unpaired) electrons. The minimum atomic E-state index is -2.38. The second-order valence-electron chi connectivity index (χ2n) is 5.61. The summed E-state index contributed by atoms with van der Waals surface area (Å²) < 4.78 is 18.4. The van der Waals surface area contributed by atoms with E-state index in [-0.39, 0.29) is 17.8 Å². The van der Waals surface area contributed by atoms with E-state index in [0.717, 1.165) is 18.2 Å². The number of Topliss-reactive ketones (excluding diaryl/α,β-unsaturated/α-hetero) is 1. The number of rotatable bonds is 6. The van der Waals surface area contributed by atoms with E-state index >= 15 is 0 Å². The monoisotopic (exact) mass is 348 g/mol. The Labute approximate surface area is 143 Å². The summed E-state index contributed by atoms with van der Waals surface area (Å²) >= 11 is 0. The molecular weight excluding hydrogens is 331 g/mol. The van der Waals surface area contributed by atoms with Crippen molar-refractivity contribution in [3.63, 3.8) is 0 Å². The molecule has 1 aliphatic carbocycles. The van der Waals surface area contributed by atoms with E-state index in [0.29, 0.717) is 12.0 Å². The summed E-state index contributed by atoms with van der Waals surface area (Å²) in [4.78, 5) is 36.2. The van der Waals surface area contributed by atoms with Gasteiger partial charge in [-0.1, -0.05) is 19.1 Å². The van der Waals surface area contributed by atoms with E-state index in [1.165, 1.54) is 19.1 Å². The largest absolute Gasteiger partial charge is 0.479 e. The van der Waals surface area contributed by atoms with Crippen LogP contribution in [0, 0.1) is 5.82 Å². The molecule has 1 unspecified atom stereocenters. The van der Waals surface area contributed by atoms with Crippen molar-refractivity contribution >= 4 is 23.3 Å². The molecule has 0 bridgehead atoms. The summed E-state index contributed by atoms with van der Waals surface area (Å²) in [6, 6.07) is 4.93. The fraction of sp³-hybridized carbons (Fsp3) is 0.278. The van der Waals surface area contributed by atoms with Crippen molar-refractivity contribution in [1.82, 2.24) is 0 Å². The van der Waals surface area contributed by atoms with Crippen LogP contribution in [-0.2, 0) is 19.1 Å².